The number of nitrogens with one attached hydrogen (secondary N) is 1. The van der Waals surface area contributed by atoms with Crippen LogP contribution in [0, 0.1) is 40.4 Å². The first-order valence-electron chi connectivity index (χ1n) is 21.5. The van der Waals surface area contributed by atoms with Crippen LogP contribution in [0.2, 0.25) is 0 Å². The monoisotopic (exact) mass is 724 g/mol. The Bertz CT molecular complexity index is 2300. The van der Waals surface area contributed by atoms with Crippen LogP contribution in [-0.4, -0.2) is 30.2 Å². The van der Waals surface area contributed by atoms with Gasteiger partial charge in [-0.05, 0) is 99.1 Å². The minimum atomic E-state index is 0.204. The summed E-state index contributed by atoms with van der Waals surface area (Å²) in [6.07, 6.45) is 41.9. The lowest BCUT2D eigenvalue weighted by molar-refractivity contribution is 0.272. The number of rotatable bonds is 4. The van der Waals surface area contributed by atoms with E-state index < -0.39 is 0 Å². The summed E-state index contributed by atoms with van der Waals surface area (Å²) >= 11 is 0. The lowest BCUT2D eigenvalue weighted by Crippen LogP contribution is -2.40. The molecule has 2 heteroatoms. The lowest BCUT2D eigenvalue weighted by atomic mass is 9.68. The van der Waals surface area contributed by atoms with Crippen molar-refractivity contribution < 1.29 is 0 Å². The van der Waals surface area contributed by atoms with Crippen LogP contribution in [-0.2, 0) is 0 Å². The van der Waals surface area contributed by atoms with Crippen molar-refractivity contribution >= 4 is 11.1 Å². The Hall–Kier alpha value is -3.98. The van der Waals surface area contributed by atoms with E-state index >= 15 is 0 Å². The zero-order valence-corrected chi connectivity index (χ0v) is 34.0. The summed E-state index contributed by atoms with van der Waals surface area (Å²) in [6, 6.07) is 10.0. The highest BCUT2D eigenvalue weighted by atomic mass is 15.3. The van der Waals surface area contributed by atoms with E-state index in [-0.39, 0.29) is 10.8 Å². The number of hydrogen-bond acceptors (Lipinski definition) is 2. The van der Waals surface area contributed by atoms with Gasteiger partial charge in [0.2, 0.25) is 0 Å². The van der Waals surface area contributed by atoms with Gasteiger partial charge in [-0.3, -0.25) is 10.2 Å². The van der Waals surface area contributed by atoms with Gasteiger partial charge in [0.1, 0.15) is 0 Å². The quantitative estimate of drug-likeness (QED) is 0.311. The van der Waals surface area contributed by atoms with E-state index in [1.807, 2.05) is 0 Å². The van der Waals surface area contributed by atoms with Gasteiger partial charge in [0.15, 0.2) is 0 Å². The van der Waals surface area contributed by atoms with E-state index in [1.54, 1.807) is 50.2 Å². The van der Waals surface area contributed by atoms with Crippen molar-refractivity contribution in [3.05, 3.63) is 164 Å². The summed E-state index contributed by atoms with van der Waals surface area (Å²) in [5.74, 6) is 2.00. The smallest absolute Gasteiger partial charge is 0.0792 e. The van der Waals surface area contributed by atoms with Crippen molar-refractivity contribution in [3.8, 4) is 0 Å². The Kier molecular flexibility index (Phi) is 8.58. The van der Waals surface area contributed by atoms with E-state index in [0.29, 0.717) is 41.8 Å². The van der Waals surface area contributed by atoms with Crippen LogP contribution in [0.3, 0.4) is 0 Å². The molecule has 10 rings (SSSR count). The molecule has 9 aliphatic rings. The first-order chi connectivity index (χ1) is 26.5. The van der Waals surface area contributed by atoms with Crippen molar-refractivity contribution in [2.24, 2.45) is 40.4 Å². The Balaban J connectivity index is 1.09. The molecule has 2 fully saturated rings. The molecular weight excluding hydrogens is 665 g/mol. The maximum absolute atomic E-state index is 3.98. The molecule has 1 saturated heterocycles. The van der Waals surface area contributed by atoms with E-state index in [9.17, 15) is 0 Å². The fraction of sp³-hybridized carbons (Fsp3) is 0.434. The average molecular weight is 725 g/mol. The van der Waals surface area contributed by atoms with Crippen LogP contribution in [0.1, 0.15) is 80.1 Å². The van der Waals surface area contributed by atoms with Crippen molar-refractivity contribution in [2.75, 3.05) is 13.1 Å². The van der Waals surface area contributed by atoms with Gasteiger partial charge in [0.05, 0.1) is 6.17 Å². The molecule has 0 bridgehead atoms. The third-order valence-corrected chi connectivity index (χ3v) is 14.7. The minimum absolute atomic E-state index is 0.204. The molecule has 2 heterocycles. The Morgan fingerprint density at radius 3 is 1.85 bits per heavy atom. The third-order valence-electron chi connectivity index (χ3n) is 14.7. The molecule has 55 heavy (non-hydrogen) atoms. The Labute approximate surface area is 330 Å². The van der Waals surface area contributed by atoms with Gasteiger partial charge < -0.3 is 0 Å². The zero-order valence-electron chi connectivity index (χ0n) is 34.0. The van der Waals surface area contributed by atoms with E-state index in [4.69, 9.17) is 0 Å². The first kappa shape index (κ1) is 35.4. The van der Waals surface area contributed by atoms with E-state index in [0.717, 1.165) is 38.6 Å². The lowest BCUT2D eigenvalue weighted by Gasteiger charge is -2.36. The molecule has 7 unspecified atom stereocenters. The van der Waals surface area contributed by atoms with Gasteiger partial charge in [-0.25, -0.2) is 0 Å². The fourth-order valence-corrected chi connectivity index (χ4v) is 11.8. The molecule has 1 aromatic rings. The van der Waals surface area contributed by atoms with Crippen molar-refractivity contribution in [3.63, 3.8) is 0 Å². The highest BCUT2D eigenvalue weighted by Gasteiger charge is 2.53. The predicted molar refractivity (Wildman–Crippen MR) is 231 cm³/mol. The Morgan fingerprint density at radius 1 is 0.618 bits per heavy atom. The van der Waals surface area contributed by atoms with Crippen molar-refractivity contribution in [2.45, 2.75) is 92.3 Å². The SMILES string of the molecule is CC(C)(C)C1=CC=C(C2=c3ccccc3=C(C3=CC=C(C(C)(C)C)CC3)C3C4=CC=C(C5=CC=CC(C6CN7CCC=CC7N6)C5)C5C=CC=C(C45)C23)CC1. The average Bonchev–Trinajstić information content (AvgIpc) is 3.77. The minimum Gasteiger partial charge on any atom is -0.294 e. The Morgan fingerprint density at radius 2 is 1.25 bits per heavy atom. The fourth-order valence-electron chi connectivity index (χ4n) is 11.8. The molecule has 282 valence electrons. The van der Waals surface area contributed by atoms with E-state index in [2.05, 4.69) is 161 Å². The summed E-state index contributed by atoms with van der Waals surface area (Å²) in [7, 11) is 0. The molecule has 7 atom stereocenters. The summed E-state index contributed by atoms with van der Waals surface area (Å²) in [5, 5.41) is 6.93. The molecule has 0 aromatic heterocycles. The highest BCUT2D eigenvalue weighted by Crippen LogP contribution is 2.62. The standard InChI is InChI=1S/C53H60N2/c1-52(2,3)37-24-20-33(21-25-37)47-41-15-7-8-16-42(41)48(34-22-26-38(27-23-34)53(4,5)6)51-44-29-28-39(40-17-12-18-43(49(40)44)50(47)51)35-13-11-14-36(31-35)45-32-55-30-10-9-19-46(55)54-45/h7-9,11-20,22,24,26,28-29,36,40,45-46,49-51,54H,10,21,23,25,27,30-32H2,1-6H3. The van der Waals surface area contributed by atoms with Crippen LogP contribution in [0.15, 0.2) is 154 Å². The van der Waals surface area contributed by atoms with Crippen molar-refractivity contribution in [1.82, 2.24) is 10.2 Å². The number of nitrogens with zero attached hydrogens (tertiary/aromatic N) is 1. The first-order valence-corrected chi connectivity index (χ1v) is 21.5. The molecule has 1 aromatic carbocycles. The number of hydrogen-bond donors (Lipinski definition) is 1. The normalized spacial score (nSPS) is 32.6. The van der Waals surface area contributed by atoms with Gasteiger partial charge in [0.25, 0.3) is 0 Å². The zero-order chi connectivity index (χ0) is 37.6. The molecular formula is C53H60N2. The van der Waals surface area contributed by atoms with Gasteiger partial charge in [-0.1, -0.05) is 173 Å². The van der Waals surface area contributed by atoms with Gasteiger partial charge in [0, 0.05) is 42.8 Å². The largest absolute Gasteiger partial charge is 0.294 e. The van der Waals surface area contributed by atoms with Crippen molar-refractivity contribution in [1.29, 1.82) is 0 Å². The molecule has 7 aliphatic carbocycles. The molecule has 0 radical (unpaired) electrons. The highest BCUT2D eigenvalue weighted by molar-refractivity contribution is 5.85. The second kappa shape index (κ2) is 13.3. The molecule has 1 saturated carbocycles. The number of fused-ring (bicyclic) bond motifs is 5. The van der Waals surface area contributed by atoms with Crippen LogP contribution in [0.25, 0.3) is 11.1 Å². The van der Waals surface area contributed by atoms with Gasteiger partial charge in [-0.2, -0.15) is 0 Å². The molecule has 0 spiro atoms. The maximum atomic E-state index is 3.98. The van der Waals surface area contributed by atoms with Crippen LogP contribution < -0.4 is 15.8 Å². The van der Waals surface area contributed by atoms with Crippen LogP contribution in [0.5, 0.6) is 0 Å². The summed E-state index contributed by atoms with van der Waals surface area (Å²) in [6.45, 7) is 16.6. The summed E-state index contributed by atoms with van der Waals surface area (Å²) in [4.78, 5) is 2.63. The van der Waals surface area contributed by atoms with Gasteiger partial charge in [-0.15, -0.1) is 0 Å². The third kappa shape index (κ3) is 5.97. The predicted octanol–water partition coefficient (Wildman–Crippen LogP) is 10.3. The second-order valence-electron chi connectivity index (χ2n) is 19.8. The van der Waals surface area contributed by atoms with Crippen LogP contribution in [0.4, 0.5) is 0 Å². The molecule has 2 nitrogen and oxygen atoms in total. The number of allylic oxidation sites excluding steroid dienone is 19. The summed E-state index contributed by atoms with van der Waals surface area (Å²) in [5.41, 5.74) is 16.2. The molecule has 1 N–H and O–H groups in total. The molecule has 0 amide bonds. The number of benzene rings is 1. The van der Waals surface area contributed by atoms with E-state index in [1.165, 1.54) is 29.0 Å². The topological polar surface area (TPSA) is 15.3 Å². The van der Waals surface area contributed by atoms with Crippen LogP contribution >= 0.6 is 0 Å². The summed E-state index contributed by atoms with van der Waals surface area (Å²) < 4.78 is 0. The second-order valence-corrected chi connectivity index (χ2v) is 19.8. The maximum Gasteiger partial charge on any atom is 0.0792 e. The molecule has 2 aliphatic heterocycles. The van der Waals surface area contributed by atoms with Gasteiger partial charge >= 0.3 is 0 Å².